The molecular weight excluding hydrogens is 260 g/mol. The Bertz CT molecular complexity index is 375. The van der Waals surface area contributed by atoms with Crippen molar-refractivity contribution in [2.75, 3.05) is 13.1 Å². The Morgan fingerprint density at radius 2 is 1.84 bits per heavy atom. The molecule has 1 aliphatic carbocycles. The van der Waals surface area contributed by atoms with Crippen LogP contribution in [0.25, 0.3) is 0 Å². The third kappa shape index (κ3) is 3.92. The molecule has 0 spiro atoms. The minimum Gasteiger partial charge on any atom is -0.315 e. The van der Waals surface area contributed by atoms with E-state index in [9.17, 15) is 8.42 Å². The van der Waals surface area contributed by atoms with Crippen molar-refractivity contribution in [2.24, 2.45) is 11.8 Å². The van der Waals surface area contributed by atoms with Crippen LogP contribution in [-0.4, -0.2) is 32.8 Å². The van der Waals surface area contributed by atoms with Crippen molar-refractivity contribution in [3.63, 3.8) is 0 Å². The van der Waals surface area contributed by atoms with Crippen LogP contribution in [0.1, 0.15) is 52.4 Å². The number of sulfonamides is 1. The maximum absolute atomic E-state index is 12.5. The fraction of sp³-hybridized carbons (Fsp3) is 1.00. The molecular formula is C14H28N2O2S. The van der Waals surface area contributed by atoms with Crippen LogP contribution in [0.4, 0.5) is 0 Å². The van der Waals surface area contributed by atoms with E-state index >= 15 is 0 Å². The Hall–Kier alpha value is -0.130. The molecule has 1 saturated carbocycles. The first-order chi connectivity index (χ1) is 9.00. The summed E-state index contributed by atoms with van der Waals surface area (Å²) in [6.07, 6.45) is 6.31. The lowest BCUT2D eigenvalue weighted by Gasteiger charge is -2.36. The molecule has 0 aromatic heterocycles. The normalized spacial score (nSPS) is 33.5. The third-order valence-corrected chi connectivity index (χ3v) is 6.59. The first-order valence-corrected chi connectivity index (χ1v) is 9.27. The second-order valence-electron chi connectivity index (χ2n) is 6.43. The van der Waals surface area contributed by atoms with Crippen molar-refractivity contribution in [2.45, 2.75) is 63.7 Å². The van der Waals surface area contributed by atoms with Crippen LogP contribution in [-0.2, 0) is 10.0 Å². The van der Waals surface area contributed by atoms with E-state index in [0.717, 1.165) is 38.6 Å². The highest BCUT2D eigenvalue weighted by Crippen LogP contribution is 2.31. The summed E-state index contributed by atoms with van der Waals surface area (Å²) >= 11 is 0. The van der Waals surface area contributed by atoms with Crippen molar-refractivity contribution < 1.29 is 8.42 Å². The van der Waals surface area contributed by atoms with Crippen LogP contribution in [0.3, 0.4) is 0 Å². The highest BCUT2D eigenvalue weighted by Gasteiger charge is 2.34. The minimum absolute atomic E-state index is 0.153. The largest absolute Gasteiger partial charge is 0.315 e. The van der Waals surface area contributed by atoms with Crippen molar-refractivity contribution >= 4 is 10.0 Å². The van der Waals surface area contributed by atoms with Gasteiger partial charge in [-0.2, -0.15) is 0 Å². The Morgan fingerprint density at radius 3 is 2.47 bits per heavy atom. The predicted molar refractivity (Wildman–Crippen MR) is 78.5 cm³/mol. The number of hydrogen-bond donors (Lipinski definition) is 2. The fourth-order valence-electron chi connectivity index (χ4n) is 3.50. The SMILES string of the molecule is CC(C)C1CCCCC1NS(=O)(=O)C1CCCNC1. The Morgan fingerprint density at radius 1 is 1.11 bits per heavy atom. The van der Waals surface area contributed by atoms with E-state index in [-0.39, 0.29) is 11.3 Å². The molecule has 1 aliphatic heterocycles. The molecule has 2 N–H and O–H groups in total. The van der Waals surface area contributed by atoms with E-state index in [1.165, 1.54) is 6.42 Å². The summed E-state index contributed by atoms with van der Waals surface area (Å²) in [5, 5.41) is 2.95. The van der Waals surface area contributed by atoms with Crippen molar-refractivity contribution in [1.82, 2.24) is 10.0 Å². The Balaban J connectivity index is 2.00. The molecule has 4 nitrogen and oxygen atoms in total. The fourth-order valence-corrected chi connectivity index (χ4v) is 5.22. The zero-order valence-electron chi connectivity index (χ0n) is 12.2. The average molecular weight is 288 g/mol. The minimum atomic E-state index is -3.16. The van der Waals surface area contributed by atoms with E-state index in [1.807, 2.05) is 0 Å². The predicted octanol–water partition coefficient (Wildman–Crippen LogP) is 1.87. The Labute approximate surface area is 117 Å². The molecule has 0 amide bonds. The lowest BCUT2D eigenvalue weighted by Crippen LogP contribution is -2.50. The number of nitrogens with one attached hydrogen (secondary N) is 2. The van der Waals surface area contributed by atoms with Gasteiger partial charge in [0.15, 0.2) is 0 Å². The number of rotatable bonds is 4. The van der Waals surface area contributed by atoms with Gasteiger partial charge in [-0.3, -0.25) is 0 Å². The van der Waals surface area contributed by atoms with Crippen LogP contribution in [0.2, 0.25) is 0 Å². The monoisotopic (exact) mass is 288 g/mol. The molecule has 1 heterocycles. The molecule has 0 bridgehead atoms. The summed E-state index contributed by atoms with van der Waals surface area (Å²) in [5.74, 6) is 1.05. The highest BCUT2D eigenvalue weighted by atomic mass is 32.2. The van der Waals surface area contributed by atoms with Crippen molar-refractivity contribution in [1.29, 1.82) is 0 Å². The Kier molecular flexibility index (Phi) is 5.26. The van der Waals surface area contributed by atoms with E-state index in [4.69, 9.17) is 0 Å². The lowest BCUT2D eigenvalue weighted by molar-refractivity contribution is 0.225. The second kappa shape index (κ2) is 6.55. The van der Waals surface area contributed by atoms with Gasteiger partial charge in [0.2, 0.25) is 10.0 Å². The number of hydrogen-bond acceptors (Lipinski definition) is 3. The van der Waals surface area contributed by atoms with Gasteiger partial charge in [0.25, 0.3) is 0 Å². The maximum atomic E-state index is 12.5. The summed E-state index contributed by atoms with van der Waals surface area (Å²) in [5.41, 5.74) is 0. The lowest BCUT2D eigenvalue weighted by atomic mass is 9.78. The van der Waals surface area contributed by atoms with Gasteiger partial charge < -0.3 is 5.32 Å². The van der Waals surface area contributed by atoms with Gasteiger partial charge in [0.1, 0.15) is 0 Å². The van der Waals surface area contributed by atoms with E-state index in [0.29, 0.717) is 18.4 Å². The quantitative estimate of drug-likeness (QED) is 0.830. The van der Waals surface area contributed by atoms with Crippen LogP contribution < -0.4 is 10.0 Å². The topological polar surface area (TPSA) is 58.2 Å². The third-order valence-electron chi connectivity index (χ3n) is 4.68. The van der Waals surface area contributed by atoms with Gasteiger partial charge in [0, 0.05) is 12.6 Å². The van der Waals surface area contributed by atoms with E-state index in [1.54, 1.807) is 0 Å². The second-order valence-corrected chi connectivity index (χ2v) is 8.42. The standard InChI is InChI=1S/C14H28N2O2S/c1-11(2)13-7-3-4-8-14(13)16-19(17,18)12-6-5-9-15-10-12/h11-16H,3-10H2,1-2H3. The molecule has 2 rings (SSSR count). The van der Waals surface area contributed by atoms with Crippen LogP contribution in [0, 0.1) is 11.8 Å². The molecule has 19 heavy (non-hydrogen) atoms. The first kappa shape index (κ1) is 15.3. The molecule has 3 unspecified atom stereocenters. The zero-order chi connectivity index (χ0) is 13.9. The van der Waals surface area contributed by atoms with E-state index < -0.39 is 10.0 Å². The molecule has 2 aliphatic rings. The molecule has 5 heteroatoms. The van der Waals surface area contributed by atoms with E-state index in [2.05, 4.69) is 23.9 Å². The molecule has 2 fully saturated rings. The summed E-state index contributed by atoms with van der Waals surface area (Å²) in [4.78, 5) is 0. The molecule has 0 radical (unpaired) electrons. The van der Waals surface area contributed by atoms with Gasteiger partial charge in [0.05, 0.1) is 5.25 Å². The molecule has 112 valence electrons. The maximum Gasteiger partial charge on any atom is 0.215 e. The zero-order valence-corrected chi connectivity index (χ0v) is 13.0. The summed E-state index contributed by atoms with van der Waals surface area (Å²) in [6.45, 7) is 5.97. The molecule has 0 aromatic carbocycles. The van der Waals surface area contributed by atoms with Crippen molar-refractivity contribution in [3.8, 4) is 0 Å². The van der Waals surface area contributed by atoms with Crippen molar-refractivity contribution in [3.05, 3.63) is 0 Å². The van der Waals surface area contributed by atoms with Crippen LogP contribution in [0.15, 0.2) is 0 Å². The van der Waals surface area contributed by atoms with Gasteiger partial charge in [-0.05, 0) is 44.1 Å². The highest BCUT2D eigenvalue weighted by molar-refractivity contribution is 7.90. The summed E-state index contributed by atoms with van der Waals surface area (Å²) in [7, 11) is -3.16. The molecule has 0 aromatic rings. The van der Waals surface area contributed by atoms with Crippen LogP contribution >= 0.6 is 0 Å². The average Bonchev–Trinajstić information content (AvgIpc) is 2.39. The van der Waals surface area contributed by atoms with Gasteiger partial charge in [-0.1, -0.05) is 26.7 Å². The smallest absolute Gasteiger partial charge is 0.215 e. The molecule has 1 saturated heterocycles. The summed E-state index contributed by atoms with van der Waals surface area (Å²) in [6, 6.07) is 0.153. The van der Waals surface area contributed by atoms with Crippen LogP contribution in [0.5, 0.6) is 0 Å². The number of piperidine rings is 1. The van der Waals surface area contributed by atoms with Gasteiger partial charge in [-0.15, -0.1) is 0 Å². The molecule has 3 atom stereocenters. The van der Waals surface area contributed by atoms with Gasteiger partial charge in [-0.25, -0.2) is 13.1 Å². The van der Waals surface area contributed by atoms with Gasteiger partial charge >= 0.3 is 0 Å². The summed E-state index contributed by atoms with van der Waals surface area (Å²) < 4.78 is 28.0. The first-order valence-electron chi connectivity index (χ1n) is 7.72.